The zero-order chi connectivity index (χ0) is 15.0. The summed E-state index contributed by atoms with van der Waals surface area (Å²) in [4.78, 5) is 25.8. The summed E-state index contributed by atoms with van der Waals surface area (Å²) in [7, 11) is 0. The van der Waals surface area contributed by atoms with Crippen LogP contribution in [0.15, 0.2) is 12.1 Å². The first kappa shape index (κ1) is 14.6. The van der Waals surface area contributed by atoms with Crippen LogP contribution in [0.4, 0.5) is 5.69 Å². The van der Waals surface area contributed by atoms with Crippen molar-refractivity contribution in [2.24, 2.45) is 5.92 Å². The van der Waals surface area contributed by atoms with Crippen molar-refractivity contribution in [3.05, 3.63) is 28.8 Å². The molecule has 4 heteroatoms. The van der Waals surface area contributed by atoms with Gasteiger partial charge in [-0.3, -0.25) is 9.59 Å². The smallest absolute Gasteiger partial charge is 0.254 e. The standard InChI is InChI=1S/C16H22N2O2/c1-9(2)8-18-15-11(4)6-10(3)7-13(15)14(16(18)20)17-12(5)19/h6-7,9,14H,8H2,1-5H3,(H,17,19). The topological polar surface area (TPSA) is 49.4 Å². The van der Waals surface area contributed by atoms with Gasteiger partial charge >= 0.3 is 0 Å². The Bertz CT molecular complexity index is 564. The summed E-state index contributed by atoms with van der Waals surface area (Å²) in [5, 5.41) is 2.78. The maximum atomic E-state index is 12.6. The van der Waals surface area contributed by atoms with E-state index < -0.39 is 6.04 Å². The number of benzene rings is 1. The van der Waals surface area contributed by atoms with E-state index in [0.717, 1.165) is 22.4 Å². The molecular formula is C16H22N2O2. The van der Waals surface area contributed by atoms with Crippen molar-refractivity contribution < 1.29 is 9.59 Å². The van der Waals surface area contributed by atoms with E-state index >= 15 is 0 Å². The largest absolute Gasteiger partial charge is 0.341 e. The van der Waals surface area contributed by atoms with Gasteiger partial charge in [-0.15, -0.1) is 0 Å². The Labute approximate surface area is 120 Å². The minimum Gasteiger partial charge on any atom is -0.341 e. The number of anilines is 1. The maximum Gasteiger partial charge on any atom is 0.254 e. The molecule has 0 saturated heterocycles. The lowest BCUT2D eigenvalue weighted by molar-refractivity contribution is -0.126. The number of carbonyl (C=O) groups is 2. The Hall–Kier alpha value is -1.84. The number of rotatable bonds is 3. The van der Waals surface area contributed by atoms with E-state index in [1.807, 2.05) is 24.8 Å². The predicted octanol–water partition coefficient (Wildman–Crippen LogP) is 2.48. The van der Waals surface area contributed by atoms with Crippen LogP contribution in [0.3, 0.4) is 0 Å². The molecule has 1 aliphatic heterocycles. The van der Waals surface area contributed by atoms with Gasteiger partial charge in [-0.25, -0.2) is 0 Å². The lowest BCUT2D eigenvalue weighted by Crippen LogP contribution is -2.38. The van der Waals surface area contributed by atoms with E-state index in [1.165, 1.54) is 6.92 Å². The second kappa shape index (κ2) is 5.27. The zero-order valence-corrected chi connectivity index (χ0v) is 12.8. The summed E-state index contributed by atoms with van der Waals surface area (Å²) in [5.74, 6) is 0.168. The molecule has 0 aliphatic carbocycles. The highest BCUT2D eigenvalue weighted by molar-refractivity contribution is 6.07. The van der Waals surface area contributed by atoms with Crippen molar-refractivity contribution in [1.29, 1.82) is 0 Å². The number of hydrogen-bond acceptors (Lipinski definition) is 2. The minimum absolute atomic E-state index is 0.0300. The monoisotopic (exact) mass is 274 g/mol. The molecule has 1 heterocycles. The van der Waals surface area contributed by atoms with Gasteiger partial charge in [0.05, 0.1) is 5.69 Å². The quantitative estimate of drug-likeness (QED) is 0.920. The molecule has 0 spiro atoms. The van der Waals surface area contributed by atoms with Gasteiger partial charge in [0.25, 0.3) is 5.91 Å². The average Bonchev–Trinajstić information content (AvgIpc) is 2.53. The number of carbonyl (C=O) groups excluding carboxylic acids is 2. The van der Waals surface area contributed by atoms with Gasteiger partial charge in [0, 0.05) is 19.0 Å². The Morgan fingerprint density at radius 1 is 1.35 bits per heavy atom. The maximum absolute atomic E-state index is 12.6. The van der Waals surface area contributed by atoms with Crippen molar-refractivity contribution in [3.8, 4) is 0 Å². The van der Waals surface area contributed by atoms with Crippen molar-refractivity contribution in [2.45, 2.75) is 40.7 Å². The van der Waals surface area contributed by atoms with E-state index in [2.05, 4.69) is 25.2 Å². The zero-order valence-electron chi connectivity index (χ0n) is 12.8. The molecule has 0 fully saturated rings. The van der Waals surface area contributed by atoms with Crippen LogP contribution in [0.25, 0.3) is 0 Å². The van der Waals surface area contributed by atoms with E-state index in [-0.39, 0.29) is 11.8 Å². The molecule has 2 amide bonds. The molecule has 4 nitrogen and oxygen atoms in total. The van der Waals surface area contributed by atoms with Crippen LogP contribution in [0.5, 0.6) is 0 Å². The first-order valence-corrected chi connectivity index (χ1v) is 7.01. The van der Waals surface area contributed by atoms with Crippen LogP contribution in [-0.2, 0) is 9.59 Å². The van der Waals surface area contributed by atoms with Gasteiger partial charge in [-0.1, -0.05) is 31.5 Å². The minimum atomic E-state index is -0.542. The number of nitrogens with zero attached hydrogens (tertiary/aromatic N) is 1. The first-order valence-electron chi connectivity index (χ1n) is 7.01. The summed E-state index contributed by atoms with van der Waals surface area (Å²) >= 11 is 0. The van der Waals surface area contributed by atoms with Crippen LogP contribution in [0.1, 0.15) is 43.5 Å². The summed E-state index contributed by atoms with van der Waals surface area (Å²) in [6, 6.07) is 3.54. The van der Waals surface area contributed by atoms with Crippen molar-refractivity contribution in [3.63, 3.8) is 0 Å². The first-order chi connectivity index (χ1) is 9.31. The molecule has 0 radical (unpaired) electrons. The Kier molecular flexibility index (Phi) is 3.84. The third-order valence-electron chi connectivity index (χ3n) is 3.46. The fourth-order valence-electron chi connectivity index (χ4n) is 2.87. The Balaban J connectivity index is 2.52. The van der Waals surface area contributed by atoms with Gasteiger partial charge in [0.1, 0.15) is 6.04 Å². The second-order valence-electron chi connectivity index (χ2n) is 6.00. The lowest BCUT2D eigenvalue weighted by atomic mass is 10.0. The van der Waals surface area contributed by atoms with Crippen molar-refractivity contribution in [2.75, 3.05) is 11.4 Å². The highest BCUT2D eigenvalue weighted by Crippen LogP contribution is 2.39. The van der Waals surface area contributed by atoms with Gasteiger partial charge < -0.3 is 10.2 Å². The molecule has 1 aromatic carbocycles. The molecule has 2 rings (SSSR count). The summed E-state index contributed by atoms with van der Waals surface area (Å²) < 4.78 is 0. The summed E-state index contributed by atoms with van der Waals surface area (Å²) in [6.45, 7) is 10.3. The molecule has 1 atom stereocenters. The molecule has 20 heavy (non-hydrogen) atoms. The number of nitrogens with one attached hydrogen (secondary N) is 1. The lowest BCUT2D eigenvalue weighted by Gasteiger charge is -2.21. The number of aryl methyl sites for hydroxylation is 2. The van der Waals surface area contributed by atoms with E-state index in [4.69, 9.17) is 0 Å². The SMILES string of the molecule is CC(=O)NC1C(=O)N(CC(C)C)c2c(C)cc(C)cc21. The van der Waals surface area contributed by atoms with Crippen LogP contribution in [0.2, 0.25) is 0 Å². The normalized spacial score (nSPS) is 17.6. The van der Waals surface area contributed by atoms with Crippen LogP contribution >= 0.6 is 0 Å². The summed E-state index contributed by atoms with van der Waals surface area (Å²) in [6.07, 6.45) is 0. The highest BCUT2D eigenvalue weighted by atomic mass is 16.2. The molecule has 0 saturated carbocycles. The molecule has 1 N–H and O–H groups in total. The van der Waals surface area contributed by atoms with Crippen molar-refractivity contribution >= 4 is 17.5 Å². The number of hydrogen-bond donors (Lipinski definition) is 1. The van der Waals surface area contributed by atoms with Crippen LogP contribution < -0.4 is 10.2 Å². The molecule has 0 aromatic heterocycles. The number of amides is 2. The van der Waals surface area contributed by atoms with E-state index in [9.17, 15) is 9.59 Å². The van der Waals surface area contributed by atoms with E-state index in [1.54, 1.807) is 0 Å². The molecule has 108 valence electrons. The van der Waals surface area contributed by atoms with Crippen LogP contribution in [0, 0.1) is 19.8 Å². The van der Waals surface area contributed by atoms with Crippen molar-refractivity contribution in [1.82, 2.24) is 5.32 Å². The fraction of sp³-hybridized carbons (Fsp3) is 0.500. The molecule has 1 unspecified atom stereocenters. The third kappa shape index (κ3) is 2.55. The molecular weight excluding hydrogens is 252 g/mol. The molecule has 0 bridgehead atoms. The predicted molar refractivity (Wildman–Crippen MR) is 79.7 cm³/mol. The number of fused-ring (bicyclic) bond motifs is 1. The second-order valence-corrected chi connectivity index (χ2v) is 6.00. The van der Waals surface area contributed by atoms with Gasteiger partial charge in [0.2, 0.25) is 5.91 Å². The van der Waals surface area contributed by atoms with Crippen LogP contribution in [-0.4, -0.2) is 18.4 Å². The summed E-state index contributed by atoms with van der Waals surface area (Å²) in [5.41, 5.74) is 4.08. The van der Waals surface area contributed by atoms with E-state index in [0.29, 0.717) is 12.5 Å². The fourth-order valence-corrected chi connectivity index (χ4v) is 2.87. The Morgan fingerprint density at radius 3 is 2.55 bits per heavy atom. The molecule has 1 aliphatic rings. The third-order valence-corrected chi connectivity index (χ3v) is 3.46. The highest BCUT2D eigenvalue weighted by Gasteiger charge is 2.39. The molecule has 1 aromatic rings. The van der Waals surface area contributed by atoms with Gasteiger partial charge in [-0.2, -0.15) is 0 Å². The Morgan fingerprint density at radius 2 is 2.00 bits per heavy atom. The average molecular weight is 274 g/mol. The van der Waals surface area contributed by atoms with Gasteiger partial charge in [0.15, 0.2) is 0 Å². The van der Waals surface area contributed by atoms with Gasteiger partial charge in [-0.05, 0) is 25.3 Å².